The summed E-state index contributed by atoms with van der Waals surface area (Å²) in [7, 11) is 0. The summed E-state index contributed by atoms with van der Waals surface area (Å²) in [6, 6.07) is 6.75. The Bertz CT molecular complexity index is 689. The third-order valence-corrected chi connectivity index (χ3v) is 4.71. The molecular formula is C20H26FN3O. The Labute approximate surface area is 148 Å². The highest BCUT2D eigenvalue weighted by atomic mass is 19.1. The van der Waals surface area contributed by atoms with Crippen molar-refractivity contribution in [2.75, 3.05) is 13.2 Å². The van der Waals surface area contributed by atoms with E-state index in [-0.39, 0.29) is 11.9 Å². The molecule has 1 atom stereocenters. The van der Waals surface area contributed by atoms with Gasteiger partial charge < -0.3 is 4.74 Å². The van der Waals surface area contributed by atoms with Crippen LogP contribution in [0.2, 0.25) is 0 Å². The van der Waals surface area contributed by atoms with Crippen LogP contribution in [0.1, 0.15) is 29.7 Å². The van der Waals surface area contributed by atoms with E-state index in [2.05, 4.69) is 23.5 Å². The van der Waals surface area contributed by atoms with Crippen LogP contribution in [-0.4, -0.2) is 33.9 Å². The van der Waals surface area contributed by atoms with Crippen LogP contribution in [0.3, 0.4) is 0 Å². The molecule has 0 unspecified atom stereocenters. The van der Waals surface area contributed by atoms with Gasteiger partial charge in [0.2, 0.25) is 0 Å². The molecule has 2 heterocycles. The molecule has 4 nitrogen and oxygen atoms in total. The van der Waals surface area contributed by atoms with Crippen molar-refractivity contribution >= 4 is 0 Å². The number of nitrogens with zero attached hydrogens (tertiary/aromatic N) is 3. The van der Waals surface area contributed by atoms with Crippen molar-refractivity contribution in [1.82, 2.24) is 14.7 Å². The van der Waals surface area contributed by atoms with Gasteiger partial charge >= 0.3 is 0 Å². The first-order chi connectivity index (χ1) is 12.2. The molecule has 1 fully saturated rings. The summed E-state index contributed by atoms with van der Waals surface area (Å²) in [6.07, 6.45) is 6.31. The van der Waals surface area contributed by atoms with E-state index in [0.717, 1.165) is 56.9 Å². The van der Waals surface area contributed by atoms with Crippen molar-refractivity contribution < 1.29 is 9.13 Å². The number of rotatable bonds is 8. The topological polar surface area (TPSA) is 30.3 Å². The minimum atomic E-state index is -0.198. The number of aromatic nitrogens is 2. The smallest absolute Gasteiger partial charge is 0.123 e. The Balaban J connectivity index is 1.73. The van der Waals surface area contributed by atoms with Crippen LogP contribution in [-0.2, 0) is 24.4 Å². The highest BCUT2D eigenvalue weighted by Gasteiger charge is 2.20. The van der Waals surface area contributed by atoms with E-state index in [1.165, 1.54) is 17.7 Å². The lowest BCUT2D eigenvalue weighted by Crippen LogP contribution is -2.31. The fourth-order valence-electron chi connectivity index (χ4n) is 3.30. The summed E-state index contributed by atoms with van der Waals surface area (Å²) in [5, 5.41) is 4.45. The maximum absolute atomic E-state index is 13.2. The second-order valence-electron chi connectivity index (χ2n) is 6.66. The van der Waals surface area contributed by atoms with Crippen LogP contribution in [0, 0.1) is 12.7 Å². The summed E-state index contributed by atoms with van der Waals surface area (Å²) < 4.78 is 21.0. The summed E-state index contributed by atoms with van der Waals surface area (Å²) in [4.78, 5) is 2.37. The molecule has 5 heteroatoms. The molecule has 0 bridgehead atoms. The van der Waals surface area contributed by atoms with Gasteiger partial charge in [-0.2, -0.15) is 5.10 Å². The number of hydrogen-bond acceptors (Lipinski definition) is 3. The number of allylic oxidation sites excluding steroid dienone is 1. The first-order valence-electron chi connectivity index (χ1n) is 8.86. The Morgan fingerprint density at radius 1 is 1.36 bits per heavy atom. The molecule has 2 aromatic rings. The molecule has 25 heavy (non-hydrogen) atoms. The lowest BCUT2D eigenvalue weighted by Gasteiger charge is -2.25. The molecule has 0 saturated carbocycles. The third kappa shape index (κ3) is 4.77. The maximum Gasteiger partial charge on any atom is 0.123 e. The second kappa shape index (κ2) is 8.41. The molecule has 1 aromatic heterocycles. The normalized spacial score (nSPS) is 17.3. The number of ether oxygens (including phenoxy) is 1. The van der Waals surface area contributed by atoms with Gasteiger partial charge in [-0.05, 0) is 37.5 Å². The molecule has 0 aliphatic carbocycles. The molecule has 3 rings (SSSR count). The highest BCUT2D eigenvalue weighted by Crippen LogP contribution is 2.19. The molecule has 0 N–H and O–H groups in total. The molecule has 0 spiro atoms. The second-order valence-corrected chi connectivity index (χ2v) is 6.66. The number of halogens is 1. The van der Waals surface area contributed by atoms with Crippen LogP contribution in [0.4, 0.5) is 4.39 Å². The van der Waals surface area contributed by atoms with Crippen LogP contribution >= 0.6 is 0 Å². The highest BCUT2D eigenvalue weighted by molar-refractivity contribution is 5.19. The first kappa shape index (κ1) is 17.8. The lowest BCUT2D eigenvalue weighted by molar-refractivity contribution is 0.0678. The van der Waals surface area contributed by atoms with E-state index in [0.29, 0.717) is 0 Å². The van der Waals surface area contributed by atoms with Gasteiger partial charge in [-0.3, -0.25) is 9.58 Å². The fraction of sp³-hybridized carbons (Fsp3) is 0.450. The minimum absolute atomic E-state index is 0.198. The van der Waals surface area contributed by atoms with Crippen molar-refractivity contribution in [3.63, 3.8) is 0 Å². The zero-order chi connectivity index (χ0) is 17.6. The van der Waals surface area contributed by atoms with E-state index in [4.69, 9.17) is 4.74 Å². The maximum atomic E-state index is 13.2. The van der Waals surface area contributed by atoms with Gasteiger partial charge in [-0.1, -0.05) is 18.2 Å². The quantitative estimate of drug-likeness (QED) is 0.685. The Kier molecular flexibility index (Phi) is 6.00. The van der Waals surface area contributed by atoms with Crippen LogP contribution in [0.5, 0.6) is 0 Å². The monoisotopic (exact) mass is 343 g/mol. The number of benzene rings is 1. The molecular weight excluding hydrogens is 317 g/mol. The van der Waals surface area contributed by atoms with Crippen molar-refractivity contribution in [3.8, 4) is 0 Å². The van der Waals surface area contributed by atoms with Gasteiger partial charge in [0.1, 0.15) is 5.82 Å². The summed E-state index contributed by atoms with van der Waals surface area (Å²) in [6.45, 7) is 9.90. The van der Waals surface area contributed by atoms with Gasteiger partial charge in [0.05, 0.1) is 18.8 Å². The predicted octanol–water partition coefficient (Wildman–Crippen LogP) is 3.70. The Morgan fingerprint density at radius 2 is 2.16 bits per heavy atom. The van der Waals surface area contributed by atoms with E-state index >= 15 is 0 Å². The largest absolute Gasteiger partial charge is 0.377 e. The molecule has 1 aromatic carbocycles. The van der Waals surface area contributed by atoms with Crippen LogP contribution in [0.25, 0.3) is 0 Å². The first-order valence-corrected chi connectivity index (χ1v) is 8.86. The average molecular weight is 343 g/mol. The van der Waals surface area contributed by atoms with Gasteiger partial charge in [-0.25, -0.2) is 4.39 Å². The lowest BCUT2D eigenvalue weighted by atomic mass is 10.1. The number of hydrogen-bond donors (Lipinski definition) is 0. The van der Waals surface area contributed by atoms with E-state index in [1.54, 1.807) is 0 Å². The van der Waals surface area contributed by atoms with Gasteiger partial charge in [-0.15, -0.1) is 6.58 Å². The van der Waals surface area contributed by atoms with Crippen LogP contribution < -0.4 is 0 Å². The summed E-state index contributed by atoms with van der Waals surface area (Å²) >= 11 is 0. The molecule has 1 saturated heterocycles. The van der Waals surface area contributed by atoms with Crippen molar-refractivity contribution in [1.29, 1.82) is 0 Å². The van der Waals surface area contributed by atoms with E-state index in [9.17, 15) is 4.39 Å². The summed E-state index contributed by atoms with van der Waals surface area (Å²) in [5.41, 5.74) is 3.48. The van der Waals surface area contributed by atoms with Crippen molar-refractivity contribution in [3.05, 3.63) is 65.8 Å². The minimum Gasteiger partial charge on any atom is -0.377 e. The van der Waals surface area contributed by atoms with Crippen LogP contribution in [0.15, 0.2) is 43.1 Å². The molecule has 1 aliphatic rings. The summed E-state index contributed by atoms with van der Waals surface area (Å²) in [5.74, 6) is -0.198. The molecule has 0 radical (unpaired) electrons. The van der Waals surface area contributed by atoms with Gasteiger partial charge in [0, 0.05) is 37.5 Å². The van der Waals surface area contributed by atoms with Gasteiger partial charge in [0.15, 0.2) is 0 Å². The fourth-order valence-corrected chi connectivity index (χ4v) is 3.30. The van der Waals surface area contributed by atoms with Crippen molar-refractivity contribution in [2.24, 2.45) is 0 Å². The molecule has 0 amide bonds. The average Bonchev–Trinajstić information content (AvgIpc) is 3.22. The third-order valence-electron chi connectivity index (χ3n) is 4.71. The van der Waals surface area contributed by atoms with E-state index in [1.807, 2.05) is 29.1 Å². The van der Waals surface area contributed by atoms with Crippen molar-refractivity contribution in [2.45, 2.75) is 45.5 Å². The predicted molar refractivity (Wildman–Crippen MR) is 96.6 cm³/mol. The zero-order valence-electron chi connectivity index (χ0n) is 14.8. The van der Waals surface area contributed by atoms with E-state index < -0.39 is 0 Å². The molecule has 1 aliphatic heterocycles. The Hall–Kier alpha value is -1.98. The SMILES string of the molecule is C=CCn1ncc(CN(Cc2ccc(F)cc2)C[C@H]2CCCO2)c1C. The zero-order valence-corrected chi connectivity index (χ0v) is 14.8. The standard InChI is InChI=1S/C20H26FN3O/c1-3-10-24-16(2)18(12-22-24)14-23(15-20-5-4-11-25-20)13-17-6-8-19(21)9-7-17/h3,6-9,12,20H,1,4-5,10-11,13-15H2,2H3/t20-/m1/s1. The van der Waals surface area contributed by atoms with Gasteiger partial charge in [0.25, 0.3) is 0 Å². The Morgan fingerprint density at radius 3 is 2.84 bits per heavy atom. The molecule has 134 valence electrons.